The Morgan fingerprint density at radius 3 is 2.43 bits per heavy atom. The Morgan fingerprint density at radius 1 is 1.43 bits per heavy atom. The lowest BCUT2D eigenvalue weighted by atomic mass is 9.72. The van der Waals surface area contributed by atoms with E-state index >= 15 is 0 Å². The summed E-state index contributed by atoms with van der Waals surface area (Å²) >= 11 is 0. The molecule has 1 fully saturated rings. The third kappa shape index (κ3) is 1.09. The number of carbonyl (C=O) groups is 1. The highest BCUT2D eigenvalue weighted by atomic mass is 16.2. The fourth-order valence-electron chi connectivity index (χ4n) is 1.90. The van der Waals surface area contributed by atoms with Crippen LogP contribution >= 0.6 is 0 Å². The number of β-lactam (4-membered cyclic amide) rings is 1. The average Bonchev–Trinajstić information content (AvgIpc) is 2.20. The average molecular weight is 190 g/mol. The van der Waals surface area contributed by atoms with Gasteiger partial charge in [-0.1, -0.05) is 19.1 Å². The first-order valence-corrected chi connectivity index (χ1v) is 4.83. The number of hydrogen-bond donors (Lipinski definition) is 2. The molecule has 74 valence electrons. The number of amides is 1. The van der Waals surface area contributed by atoms with Crippen LogP contribution in [0.15, 0.2) is 24.3 Å². The fraction of sp³-hybridized carbons (Fsp3) is 0.364. The summed E-state index contributed by atoms with van der Waals surface area (Å²) in [6, 6.07) is 7.58. The van der Waals surface area contributed by atoms with Crippen LogP contribution in [0.1, 0.15) is 18.9 Å². The molecule has 1 amide bonds. The van der Waals surface area contributed by atoms with Gasteiger partial charge in [0.15, 0.2) is 0 Å². The summed E-state index contributed by atoms with van der Waals surface area (Å²) in [6.45, 7) is 2.78. The summed E-state index contributed by atoms with van der Waals surface area (Å²) in [4.78, 5) is 11.5. The molecule has 0 aliphatic carbocycles. The SMILES string of the molecule is CCC1(c2ccc(N)cc2)CNC1=O. The highest BCUT2D eigenvalue weighted by Crippen LogP contribution is 2.33. The lowest BCUT2D eigenvalue weighted by Crippen LogP contribution is -2.61. The fourth-order valence-corrected chi connectivity index (χ4v) is 1.90. The second-order valence-electron chi connectivity index (χ2n) is 3.74. The largest absolute Gasteiger partial charge is 0.399 e. The van der Waals surface area contributed by atoms with Gasteiger partial charge < -0.3 is 11.1 Å². The molecule has 1 heterocycles. The van der Waals surface area contributed by atoms with Crippen LogP contribution in [0.4, 0.5) is 5.69 Å². The maximum Gasteiger partial charge on any atom is 0.232 e. The highest BCUT2D eigenvalue weighted by molar-refractivity contribution is 5.94. The first kappa shape index (κ1) is 9.06. The van der Waals surface area contributed by atoms with E-state index in [2.05, 4.69) is 5.32 Å². The first-order chi connectivity index (χ1) is 6.69. The third-order valence-electron chi connectivity index (χ3n) is 3.05. The van der Waals surface area contributed by atoms with Crippen molar-refractivity contribution < 1.29 is 4.79 Å². The molecule has 1 aromatic carbocycles. The van der Waals surface area contributed by atoms with E-state index in [-0.39, 0.29) is 11.3 Å². The summed E-state index contributed by atoms with van der Waals surface area (Å²) in [6.07, 6.45) is 0.836. The van der Waals surface area contributed by atoms with Gasteiger partial charge in [-0.15, -0.1) is 0 Å². The second-order valence-corrected chi connectivity index (χ2v) is 3.74. The molecule has 14 heavy (non-hydrogen) atoms. The van der Waals surface area contributed by atoms with Gasteiger partial charge in [0.25, 0.3) is 0 Å². The van der Waals surface area contributed by atoms with Crippen molar-refractivity contribution >= 4 is 11.6 Å². The zero-order valence-corrected chi connectivity index (χ0v) is 8.21. The standard InChI is InChI=1S/C11H14N2O/c1-2-11(7-13-10(11)14)8-3-5-9(12)6-4-8/h3-6H,2,7,12H2,1H3,(H,13,14). The molecule has 1 aromatic rings. The molecule has 0 radical (unpaired) electrons. The molecular weight excluding hydrogens is 176 g/mol. The Morgan fingerprint density at radius 2 is 2.07 bits per heavy atom. The van der Waals surface area contributed by atoms with Crippen LogP contribution in [-0.2, 0) is 10.2 Å². The van der Waals surface area contributed by atoms with Gasteiger partial charge in [-0.05, 0) is 24.1 Å². The molecule has 1 aliphatic heterocycles. The van der Waals surface area contributed by atoms with E-state index < -0.39 is 0 Å². The minimum Gasteiger partial charge on any atom is -0.399 e. The normalized spacial score (nSPS) is 25.4. The zero-order chi connectivity index (χ0) is 10.2. The van der Waals surface area contributed by atoms with Crippen LogP contribution in [0.25, 0.3) is 0 Å². The number of nitrogens with one attached hydrogen (secondary N) is 1. The maximum absolute atomic E-state index is 11.5. The molecule has 2 rings (SSSR count). The summed E-state index contributed by atoms with van der Waals surface area (Å²) in [7, 11) is 0. The van der Waals surface area contributed by atoms with Gasteiger partial charge in [0, 0.05) is 12.2 Å². The molecule has 1 aliphatic rings. The summed E-state index contributed by atoms with van der Waals surface area (Å²) in [5, 5.41) is 2.79. The van der Waals surface area contributed by atoms with Gasteiger partial charge in [0.05, 0.1) is 5.41 Å². The molecule has 3 heteroatoms. The van der Waals surface area contributed by atoms with Crippen LogP contribution in [0.3, 0.4) is 0 Å². The van der Waals surface area contributed by atoms with E-state index in [4.69, 9.17) is 5.73 Å². The van der Waals surface area contributed by atoms with Crippen molar-refractivity contribution in [3.8, 4) is 0 Å². The van der Waals surface area contributed by atoms with Gasteiger partial charge in [0.2, 0.25) is 5.91 Å². The number of nitrogen functional groups attached to an aromatic ring is 1. The summed E-state index contributed by atoms with van der Waals surface area (Å²) < 4.78 is 0. The van der Waals surface area contributed by atoms with Gasteiger partial charge in [-0.3, -0.25) is 4.79 Å². The Bertz CT molecular complexity index is 354. The van der Waals surface area contributed by atoms with E-state index in [0.717, 1.165) is 24.2 Å². The maximum atomic E-state index is 11.5. The Kier molecular flexibility index (Phi) is 1.95. The number of carbonyl (C=O) groups excluding carboxylic acids is 1. The minimum atomic E-state index is -0.298. The van der Waals surface area contributed by atoms with Crippen LogP contribution in [0, 0.1) is 0 Å². The Labute approximate surface area is 83.3 Å². The lowest BCUT2D eigenvalue weighted by molar-refractivity contribution is -0.133. The van der Waals surface area contributed by atoms with Gasteiger partial charge in [-0.25, -0.2) is 0 Å². The highest BCUT2D eigenvalue weighted by Gasteiger charge is 2.45. The van der Waals surface area contributed by atoms with Crippen molar-refractivity contribution in [1.82, 2.24) is 5.32 Å². The molecule has 1 unspecified atom stereocenters. The van der Waals surface area contributed by atoms with E-state index in [0.29, 0.717) is 0 Å². The van der Waals surface area contributed by atoms with Crippen molar-refractivity contribution in [3.05, 3.63) is 29.8 Å². The molecule has 3 N–H and O–H groups in total. The number of anilines is 1. The van der Waals surface area contributed by atoms with E-state index in [1.807, 2.05) is 31.2 Å². The minimum absolute atomic E-state index is 0.129. The van der Waals surface area contributed by atoms with Crippen LogP contribution in [0.5, 0.6) is 0 Å². The van der Waals surface area contributed by atoms with E-state index in [9.17, 15) is 4.79 Å². The summed E-state index contributed by atoms with van der Waals surface area (Å²) in [5.41, 5.74) is 7.11. The van der Waals surface area contributed by atoms with Crippen molar-refractivity contribution in [2.45, 2.75) is 18.8 Å². The van der Waals surface area contributed by atoms with Crippen LogP contribution in [0.2, 0.25) is 0 Å². The lowest BCUT2D eigenvalue weighted by Gasteiger charge is -2.40. The quantitative estimate of drug-likeness (QED) is 0.541. The van der Waals surface area contributed by atoms with Crippen molar-refractivity contribution in [1.29, 1.82) is 0 Å². The van der Waals surface area contributed by atoms with Crippen molar-refractivity contribution in [2.24, 2.45) is 0 Å². The number of hydrogen-bond acceptors (Lipinski definition) is 2. The molecule has 3 nitrogen and oxygen atoms in total. The van der Waals surface area contributed by atoms with Crippen LogP contribution in [-0.4, -0.2) is 12.5 Å². The molecule has 0 bridgehead atoms. The van der Waals surface area contributed by atoms with Crippen LogP contribution < -0.4 is 11.1 Å². The van der Waals surface area contributed by atoms with Gasteiger partial charge >= 0.3 is 0 Å². The monoisotopic (exact) mass is 190 g/mol. The Hall–Kier alpha value is -1.51. The molecular formula is C11H14N2O. The van der Waals surface area contributed by atoms with Gasteiger partial charge in [0.1, 0.15) is 0 Å². The predicted octanol–water partition coefficient (Wildman–Crippen LogP) is 1.05. The topological polar surface area (TPSA) is 55.1 Å². The molecule has 0 saturated carbocycles. The zero-order valence-electron chi connectivity index (χ0n) is 8.21. The second kappa shape index (κ2) is 3.01. The third-order valence-corrected chi connectivity index (χ3v) is 3.05. The smallest absolute Gasteiger partial charge is 0.232 e. The number of nitrogens with two attached hydrogens (primary N) is 1. The Balaban J connectivity index is 2.37. The molecule has 1 saturated heterocycles. The summed E-state index contributed by atoms with van der Waals surface area (Å²) in [5.74, 6) is 0.129. The first-order valence-electron chi connectivity index (χ1n) is 4.83. The van der Waals surface area contributed by atoms with Gasteiger partial charge in [-0.2, -0.15) is 0 Å². The predicted molar refractivity (Wildman–Crippen MR) is 55.8 cm³/mol. The number of benzene rings is 1. The van der Waals surface area contributed by atoms with Crippen molar-refractivity contribution in [2.75, 3.05) is 12.3 Å². The molecule has 0 spiro atoms. The van der Waals surface area contributed by atoms with E-state index in [1.54, 1.807) is 0 Å². The van der Waals surface area contributed by atoms with Crippen molar-refractivity contribution in [3.63, 3.8) is 0 Å². The molecule has 0 aromatic heterocycles. The van der Waals surface area contributed by atoms with E-state index in [1.165, 1.54) is 0 Å². The number of rotatable bonds is 2. The molecule has 1 atom stereocenters.